The van der Waals surface area contributed by atoms with Crippen molar-refractivity contribution in [2.75, 3.05) is 13.2 Å². The monoisotopic (exact) mass is 144 g/mol. The summed E-state index contributed by atoms with van der Waals surface area (Å²) in [5.41, 5.74) is 0. The van der Waals surface area contributed by atoms with Gasteiger partial charge in [-0.15, -0.1) is 0 Å². The van der Waals surface area contributed by atoms with E-state index in [1.807, 2.05) is 0 Å². The molecule has 0 bridgehead atoms. The summed E-state index contributed by atoms with van der Waals surface area (Å²) in [6, 6.07) is 0. The Morgan fingerprint density at radius 1 is 1.40 bits per heavy atom. The van der Waals surface area contributed by atoms with Crippen LogP contribution < -0.4 is 0 Å². The van der Waals surface area contributed by atoms with Crippen LogP contribution in [-0.4, -0.2) is 19.4 Å². The minimum Gasteiger partial charge on any atom is -0.434 e. The van der Waals surface area contributed by atoms with Crippen molar-refractivity contribution in [2.24, 2.45) is 11.8 Å². The quantitative estimate of drug-likeness (QED) is 0.522. The summed E-state index contributed by atoms with van der Waals surface area (Å²) in [6.45, 7) is 5.20. The van der Waals surface area contributed by atoms with E-state index in [1.54, 1.807) is 0 Å². The average Bonchev–Trinajstić information content (AvgIpc) is 1.88. The maximum atomic E-state index is 10.4. The third-order valence-corrected chi connectivity index (χ3v) is 1.77. The first-order chi connectivity index (χ1) is 4.70. The minimum absolute atomic E-state index is 0.373. The number of cyclic esters (lactones) is 2. The lowest BCUT2D eigenvalue weighted by atomic mass is 9.98. The molecular formula is C7H12O3. The summed E-state index contributed by atoms with van der Waals surface area (Å²) in [5, 5.41) is 0. The van der Waals surface area contributed by atoms with E-state index < -0.39 is 6.16 Å². The molecule has 0 spiro atoms. The highest BCUT2D eigenvalue weighted by atomic mass is 16.7. The van der Waals surface area contributed by atoms with Crippen molar-refractivity contribution in [1.82, 2.24) is 0 Å². The summed E-state index contributed by atoms with van der Waals surface area (Å²) in [6.07, 6.45) is -0.531. The lowest BCUT2D eigenvalue weighted by molar-refractivity contribution is -0.0239. The third-order valence-electron chi connectivity index (χ3n) is 1.77. The van der Waals surface area contributed by atoms with Gasteiger partial charge in [0.05, 0.1) is 0 Å². The van der Waals surface area contributed by atoms with Crippen LogP contribution in [0.15, 0.2) is 0 Å². The number of carbonyl (C=O) groups is 1. The fourth-order valence-electron chi connectivity index (χ4n) is 0.825. The zero-order chi connectivity index (χ0) is 7.56. The van der Waals surface area contributed by atoms with Gasteiger partial charge in [-0.2, -0.15) is 0 Å². The van der Waals surface area contributed by atoms with Crippen LogP contribution in [-0.2, 0) is 9.47 Å². The van der Waals surface area contributed by atoms with Crippen molar-refractivity contribution in [3.05, 3.63) is 0 Å². The smallest absolute Gasteiger partial charge is 0.434 e. The maximum absolute atomic E-state index is 10.4. The molecule has 0 unspecified atom stereocenters. The number of ether oxygens (including phenoxy) is 2. The maximum Gasteiger partial charge on any atom is 0.508 e. The molecule has 0 N–H and O–H groups in total. The van der Waals surface area contributed by atoms with Crippen LogP contribution in [0.25, 0.3) is 0 Å². The van der Waals surface area contributed by atoms with Gasteiger partial charge in [0, 0.05) is 5.92 Å². The SMILES string of the molecule is CC(C)C1COC(=O)OC1. The topological polar surface area (TPSA) is 35.5 Å². The third kappa shape index (κ3) is 1.62. The lowest BCUT2D eigenvalue weighted by Gasteiger charge is -2.24. The van der Waals surface area contributed by atoms with E-state index in [0.717, 1.165) is 0 Å². The van der Waals surface area contributed by atoms with Crippen LogP contribution in [0, 0.1) is 11.8 Å². The predicted molar refractivity (Wildman–Crippen MR) is 35.6 cm³/mol. The molecule has 1 heterocycles. The van der Waals surface area contributed by atoms with Gasteiger partial charge in [0.2, 0.25) is 0 Å². The zero-order valence-electron chi connectivity index (χ0n) is 6.29. The first kappa shape index (κ1) is 7.38. The van der Waals surface area contributed by atoms with Crippen LogP contribution >= 0.6 is 0 Å². The van der Waals surface area contributed by atoms with Crippen LogP contribution in [0.5, 0.6) is 0 Å². The first-order valence-electron chi connectivity index (χ1n) is 3.49. The van der Waals surface area contributed by atoms with E-state index in [-0.39, 0.29) is 0 Å². The van der Waals surface area contributed by atoms with Crippen molar-refractivity contribution in [3.8, 4) is 0 Å². The molecule has 0 atom stereocenters. The molecule has 3 nitrogen and oxygen atoms in total. The van der Waals surface area contributed by atoms with Gasteiger partial charge in [-0.3, -0.25) is 0 Å². The second-order valence-electron chi connectivity index (χ2n) is 2.88. The highest BCUT2D eigenvalue weighted by Gasteiger charge is 2.23. The summed E-state index contributed by atoms with van der Waals surface area (Å²) < 4.78 is 9.38. The van der Waals surface area contributed by atoms with E-state index in [4.69, 9.17) is 9.47 Å². The molecule has 1 rings (SSSR count). The number of hydrogen-bond donors (Lipinski definition) is 0. The molecule has 0 radical (unpaired) electrons. The van der Waals surface area contributed by atoms with E-state index in [0.29, 0.717) is 25.0 Å². The van der Waals surface area contributed by atoms with E-state index in [9.17, 15) is 4.79 Å². The molecule has 3 heteroatoms. The van der Waals surface area contributed by atoms with Gasteiger partial charge in [0.25, 0.3) is 0 Å². The largest absolute Gasteiger partial charge is 0.508 e. The second-order valence-corrected chi connectivity index (χ2v) is 2.88. The van der Waals surface area contributed by atoms with Crippen molar-refractivity contribution in [3.63, 3.8) is 0 Å². The Morgan fingerprint density at radius 3 is 2.30 bits per heavy atom. The Balaban J connectivity index is 2.33. The van der Waals surface area contributed by atoms with Gasteiger partial charge in [0.1, 0.15) is 13.2 Å². The summed E-state index contributed by atoms with van der Waals surface area (Å²) in [5.74, 6) is 0.894. The lowest BCUT2D eigenvalue weighted by Crippen LogP contribution is -2.30. The van der Waals surface area contributed by atoms with Crippen LogP contribution in [0.1, 0.15) is 13.8 Å². The van der Waals surface area contributed by atoms with Crippen molar-refractivity contribution in [2.45, 2.75) is 13.8 Å². The summed E-state index contributed by atoms with van der Waals surface area (Å²) >= 11 is 0. The van der Waals surface area contributed by atoms with Gasteiger partial charge in [-0.25, -0.2) is 4.79 Å². The standard InChI is InChI=1S/C7H12O3/c1-5(2)6-3-9-7(8)10-4-6/h5-6H,3-4H2,1-2H3. The van der Waals surface area contributed by atoms with Gasteiger partial charge >= 0.3 is 6.16 Å². The molecule has 1 aliphatic heterocycles. The molecule has 0 amide bonds. The highest BCUT2D eigenvalue weighted by molar-refractivity contribution is 5.60. The predicted octanol–water partition coefficient (Wildman–Crippen LogP) is 1.43. The molecule has 1 aliphatic rings. The molecule has 0 saturated carbocycles. The fourth-order valence-corrected chi connectivity index (χ4v) is 0.825. The fraction of sp³-hybridized carbons (Fsp3) is 0.857. The molecule has 0 aromatic carbocycles. The van der Waals surface area contributed by atoms with Crippen molar-refractivity contribution in [1.29, 1.82) is 0 Å². The molecular weight excluding hydrogens is 132 g/mol. The Kier molecular flexibility index (Phi) is 2.14. The Bertz CT molecular complexity index is 121. The minimum atomic E-state index is -0.531. The normalized spacial score (nSPS) is 20.5. The molecule has 0 aliphatic carbocycles. The van der Waals surface area contributed by atoms with Crippen LogP contribution in [0.3, 0.4) is 0 Å². The Morgan fingerprint density at radius 2 is 1.90 bits per heavy atom. The van der Waals surface area contributed by atoms with E-state index >= 15 is 0 Å². The molecule has 58 valence electrons. The van der Waals surface area contributed by atoms with Crippen LogP contribution in [0.4, 0.5) is 4.79 Å². The molecule has 10 heavy (non-hydrogen) atoms. The number of hydrogen-bond acceptors (Lipinski definition) is 3. The van der Waals surface area contributed by atoms with E-state index in [2.05, 4.69) is 13.8 Å². The van der Waals surface area contributed by atoms with Crippen molar-refractivity contribution < 1.29 is 14.3 Å². The molecule has 1 saturated heterocycles. The number of carbonyl (C=O) groups excluding carboxylic acids is 1. The Hall–Kier alpha value is -0.730. The first-order valence-corrected chi connectivity index (χ1v) is 3.49. The van der Waals surface area contributed by atoms with Gasteiger partial charge in [-0.05, 0) is 5.92 Å². The van der Waals surface area contributed by atoms with E-state index in [1.165, 1.54) is 0 Å². The van der Waals surface area contributed by atoms with Crippen LogP contribution in [0.2, 0.25) is 0 Å². The second kappa shape index (κ2) is 2.90. The van der Waals surface area contributed by atoms with Gasteiger partial charge < -0.3 is 9.47 Å². The summed E-state index contributed by atoms with van der Waals surface area (Å²) in [7, 11) is 0. The van der Waals surface area contributed by atoms with Gasteiger partial charge in [-0.1, -0.05) is 13.8 Å². The van der Waals surface area contributed by atoms with Gasteiger partial charge in [0.15, 0.2) is 0 Å². The summed E-state index contributed by atoms with van der Waals surface area (Å²) in [4.78, 5) is 10.4. The Labute approximate surface area is 60.3 Å². The molecule has 0 aromatic heterocycles. The number of rotatable bonds is 1. The molecule has 1 fully saturated rings. The highest BCUT2D eigenvalue weighted by Crippen LogP contribution is 2.15. The zero-order valence-corrected chi connectivity index (χ0v) is 6.29. The average molecular weight is 144 g/mol. The molecule has 0 aromatic rings. The van der Waals surface area contributed by atoms with Crippen molar-refractivity contribution >= 4 is 6.16 Å².